The molecule has 1 spiro atoms. The second kappa shape index (κ2) is 8.41. The monoisotopic (exact) mass is 611 g/mol. The second-order valence-electron chi connectivity index (χ2n) is 8.64. The number of hydrogen-bond donors (Lipinski definition) is 2. The van der Waals surface area contributed by atoms with E-state index in [2.05, 4.69) is 97.4 Å². The van der Waals surface area contributed by atoms with Crippen molar-refractivity contribution < 1.29 is 18.9 Å². The summed E-state index contributed by atoms with van der Waals surface area (Å²) in [4.78, 5) is 20.6. The molecule has 0 atom stereocenters. The Morgan fingerprint density at radius 3 is 1.71 bits per heavy atom. The lowest BCUT2D eigenvalue weighted by molar-refractivity contribution is 0.202. The van der Waals surface area contributed by atoms with Crippen LogP contribution in [-0.4, -0.2) is 22.9 Å². The molecule has 0 aromatic heterocycles. The van der Waals surface area contributed by atoms with Gasteiger partial charge in [0.25, 0.3) is 0 Å². The number of phosphoric ester groups is 1. The highest BCUT2D eigenvalue weighted by molar-refractivity contribution is 9.10. The minimum atomic E-state index is -4.56. The summed E-state index contributed by atoms with van der Waals surface area (Å²) in [6.07, 6.45) is 0. The van der Waals surface area contributed by atoms with Crippen molar-refractivity contribution in [3.05, 3.63) is 116 Å². The van der Waals surface area contributed by atoms with Crippen LogP contribution < -0.4 is 4.90 Å². The third-order valence-corrected chi connectivity index (χ3v) is 8.34. The van der Waals surface area contributed by atoms with E-state index in [0.29, 0.717) is 6.54 Å². The highest BCUT2D eigenvalue weighted by atomic mass is 79.9. The zero-order valence-corrected chi connectivity index (χ0v) is 22.4. The molecule has 5 nitrogen and oxygen atoms in total. The summed E-state index contributed by atoms with van der Waals surface area (Å²) >= 11 is 7.34. The number of fused-ring (bicyclic) bond motifs is 9. The molecule has 8 heteroatoms. The van der Waals surface area contributed by atoms with Gasteiger partial charge in [0.15, 0.2) is 0 Å². The normalized spacial score (nSPS) is 14.9. The van der Waals surface area contributed by atoms with E-state index in [0.717, 1.165) is 31.4 Å². The summed E-state index contributed by atoms with van der Waals surface area (Å²) in [5.74, 6) is 0. The second-order valence-corrected chi connectivity index (χ2v) is 11.7. The van der Waals surface area contributed by atoms with E-state index in [1.165, 1.54) is 22.3 Å². The number of halogens is 2. The molecular weight excluding hydrogens is 593 g/mol. The zero-order chi connectivity index (χ0) is 24.4. The fraction of sp³-hybridized carbons (Fsp3) is 0.111. The minimum Gasteiger partial charge on any atom is -0.339 e. The molecule has 0 fully saturated rings. The van der Waals surface area contributed by atoms with E-state index in [9.17, 15) is 14.4 Å². The van der Waals surface area contributed by atoms with Crippen molar-refractivity contribution in [2.75, 3.05) is 18.1 Å². The van der Waals surface area contributed by atoms with Gasteiger partial charge in [-0.3, -0.25) is 4.52 Å². The minimum absolute atomic E-state index is 0.104. The summed E-state index contributed by atoms with van der Waals surface area (Å²) in [6, 6.07) is 29.5. The Hall–Kier alpha value is -2.25. The Morgan fingerprint density at radius 1 is 0.743 bits per heavy atom. The Bertz CT molecular complexity index is 1430. The maximum atomic E-state index is 11.3. The summed E-state index contributed by atoms with van der Waals surface area (Å²) in [7, 11) is -4.56. The first-order chi connectivity index (χ1) is 16.8. The predicted molar refractivity (Wildman–Crippen MR) is 144 cm³/mol. The average Bonchev–Trinajstić information content (AvgIpc) is 3.10. The lowest BCUT2D eigenvalue weighted by atomic mass is 9.65. The van der Waals surface area contributed by atoms with Crippen LogP contribution in [0.15, 0.2) is 93.9 Å². The molecule has 1 heterocycles. The van der Waals surface area contributed by atoms with Crippen molar-refractivity contribution in [3.8, 4) is 11.1 Å². The molecule has 0 saturated heterocycles. The molecule has 2 N–H and O–H groups in total. The van der Waals surface area contributed by atoms with Crippen LogP contribution in [0.1, 0.15) is 22.3 Å². The van der Waals surface area contributed by atoms with Crippen LogP contribution >= 0.6 is 39.7 Å². The first-order valence-corrected chi connectivity index (χ1v) is 14.2. The Balaban J connectivity index is 1.66. The van der Waals surface area contributed by atoms with E-state index >= 15 is 0 Å². The van der Waals surface area contributed by atoms with Crippen LogP contribution in [-0.2, 0) is 14.5 Å². The first-order valence-electron chi connectivity index (χ1n) is 11.1. The molecule has 4 aromatic carbocycles. The van der Waals surface area contributed by atoms with E-state index < -0.39 is 13.2 Å². The van der Waals surface area contributed by atoms with Gasteiger partial charge in [0.1, 0.15) is 0 Å². The molecule has 35 heavy (non-hydrogen) atoms. The van der Waals surface area contributed by atoms with Gasteiger partial charge in [0, 0.05) is 26.9 Å². The number of hydrogen-bond acceptors (Lipinski definition) is 3. The van der Waals surface area contributed by atoms with Gasteiger partial charge in [-0.2, -0.15) is 0 Å². The highest BCUT2D eigenvalue weighted by Gasteiger charge is 2.51. The van der Waals surface area contributed by atoms with Crippen LogP contribution in [0, 0.1) is 0 Å². The molecule has 4 aromatic rings. The predicted octanol–water partition coefficient (Wildman–Crippen LogP) is 7.14. The van der Waals surface area contributed by atoms with Gasteiger partial charge in [-0.1, -0.05) is 80.4 Å². The van der Waals surface area contributed by atoms with E-state index in [1.54, 1.807) is 0 Å². The van der Waals surface area contributed by atoms with Gasteiger partial charge in [-0.15, -0.1) is 0 Å². The van der Waals surface area contributed by atoms with Crippen molar-refractivity contribution >= 4 is 51.1 Å². The number of para-hydroxylation sites is 2. The third-order valence-electron chi connectivity index (χ3n) is 6.83. The topological polar surface area (TPSA) is 70.0 Å². The number of nitrogens with zero attached hydrogens (tertiary/aromatic N) is 1. The van der Waals surface area contributed by atoms with Gasteiger partial charge < -0.3 is 14.7 Å². The van der Waals surface area contributed by atoms with Crippen molar-refractivity contribution in [2.24, 2.45) is 0 Å². The fourth-order valence-electron chi connectivity index (χ4n) is 5.68. The van der Waals surface area contributed by atoms with Crippen molar-refractivity contribution in [1.82, 2.24) is 0 Å². The molecule has 176 valence electrons. The quantitative estimate of drug-likeness (QED) is 0.211. The van der Waals surface area contributed by atoms with Crippen molar-refractivity contribution in [2.45, 2.75) is 5.41 Å². The summed E-state index contributed by atoms with van der Waals surface area (Å²) in [6.45, 7) is 0.197. The molecule has 0 bridgehead atoms. The zero-order valence-electron chi connectivity index (χ0n) is 18.4. The lowest BCUT2D eigenvalue weighted by Crippen LogP contribution is -2.38. The number of rotatable bonds is 4. The molecule has 0 unspecified atom stereocenters. The van der Waals surface area contributed by atoms with Gasteiger partial charge >= 0.3 is 7.82 Å². The standard InChI is InChI=1S/C27H20Br2NO4P/c28-17-9-11-21-19(15-17)20-16-18(29)10-12-22(20)27(21)23-5-1-3-7-25(23)30(13-14-34-35(31,32)33)26-8-4-2-6-24(26)27/h1-12,15-16H,13-14H2,(H2,31,32,33). The van der Waals surface area contributed by atoms with Crippen LogP contribution in [0.5, 0.6) is 0 Å². The Morgan fingerprint density at radius 2 is 1.23 bits per heavy atom. The maximum absolute atomic E-state index is 11.3. The van der Waals surface area contributed by atoms with E-state index in [1.807, 2.05) is 24.3 Å². The lowest BCUT2D eigenvalue weighted by Gasteiger charge is -2.45. The van der Waals surface area contributed by atoms with Gasteiger partial charge in [0.2, 0.25) is 0 Å². The number of anilines is 2. The number of benzene rings is 4. The van der Waals surface area contributed by atoms with Gasteiger partial charge in [-0.05, 0) is 69.8 Å². The largest absolute Gasteiger partial charge is 0.469 e. The van der Waals surface area contributed by atoms with Crippen molar-refractivity contribution in [3.63, 3.8) is 0 Å². The molecule has 0 saturated carbocycles. The highest BCUT2D eigenvalue weighted by Crippen LogP contribution is 2.62. The molecule has 1 aliphatic carbocycles. The average molecular weight is 613 g/mol. The van der Waals surface area contributed by atoms with Crippen LogP contribution in [0.4, 0.5) is 11.4 Å². The summed E-state index contributed by atoms with van der Waals surface area (Å²) in [5.41, 5.74) is 8.48. The molecule has 2 aliphatic rings. The van der Waals surface area contributed by atoms with Crippen molar-refractivity contribution in [1.29, 1.82) is 0 Å². The Labute approximate surface area is 219 Å². The van der Waals surface area contributed by atoms with Crippen LogP contribution in [0.2, 0.25) is 0 Å². The Kier molecular flexibility index (Phi) is 5.57. The van der Waals surface area contributed by atoms with E-state index in [4.69, 9.17) is 4.52 Å². The SMILES string of the molecule is O=P(O)(O)OCCN1c2ccccc2C2(c3ccc(Br)cc3-c3cc(Br)ccc32)c2ccccc21. The maximum Gasteiger partial charge on any atom is 0.469 e. The van der Waals surface area contributed by atoms with Crippen LogP contribution in [0.3, 0.4) is 0 Å². The molecule has 0 radical (unpaired) electrons. The van der Waals surface area contributed by atoms with Crippen LogP contribution in [0.25, 0.3) is 11.1 Å². The molecule has 6 rings (SSSR count). The van der Waals surface area contributed by atoms with Gasteiger partial charge in [-0.25, -0.2) is 4.57 Å². The smallest absolute Gasteiger partial charge is 0.339 e. The molecule has 1 aliphatic heterocycles. The third kappa shape index (κ3) is 3.57. The van der Waals surface area contributed by atoms with E-state index in [-0.39, 0.29) is 6.61 Å². The summed E-state index contributed by atoms with van der Waals surface area (Å²) < 4.78 is 18.2. The van der Waals surface area contributed by atoms with Gasteiger partial charge in [0.05, 0.1) is 12.0 Å². The molecular formula is C27H20Br2NO4P. The fourth-order valence-corrected chi connectivity index (χ4v) is 6.72. The molecule has 0 amide bonds. The summed E-state index contributed by atoms with van der Waals surface area (Å²) in [5, 5.41) is 0. The first kappa shape index (κ1) is 23.2. The number of phosphoric acid groups is 1.